The van der Waals surface area contributed by atoms with E-state index < -0.39 is 23.5 Å². The van der Waals surface area contributed by atoms with Crippen LogP contribution in [0.4, 0.5) is 0 Å². The Morgan fingerprint density at radius 1 is 1.21 bits per heavy atom. The summed E-state index contributed by atoms with van der Waals surface area (Å²) in [6.45, 7) is 0. The van der Waals surface area contributed by atoms with E-state index in [1.54, 1.807) is 0 Å². The molecule has 0 aromatic heterocycles. The molecular formula is C8H9NO5. The molecule has 0 bridgehead atoms. The third-order valence-electron chi connectivity index (χ3n) is 1.70. The summed E-state index contributed by atoms with van der Waals surface area (Å²) in [4.78, 5) is 10.5. The topological polar surface area (TPSA) is 124 Å². The van der Waals surface area contributed by atoms with Crippen molar-refractivity contribution in [1.29, 1.82) is 0 Å². The maximum absolute atomic E-state index is 10.5. The Kier molecular flexibility index (Phi) is 2.48. The second-order valence-corrected chi connectivity index (χ2v) is 2.71. The van der Waals surface area contributed by atoms with Gasteiger partial charge in [-0.1, -0.05) is 0 Å². The maximum Gasteiger partial charge on any atom is 0.325 e. The second-order valence-electron chi connectivity index (χ2n) is 2.71. The number of aromatic hydroxyl groups is 3. The molecule has 0 saturated carbocycles. The first kappa shape index (κ1) is 10.1. The second kappa shape index (κ2) is 3.43. The minimum absolute atomic E-state index is 0.324. The molecule has 0 aliphatic heterocycles. The fourth-order valence-electron chi connectivity index (χ4n) is 1.05. The van der Waals surface area contributed by atoms with Crippen LogP contribution in [0.3, 0.4) is 0 Å². The van der Waals surface area contributed by atoms with Crippen LogP contribution in [0, 0.1) is 0 Å². The van der Waals surface area contributed by atoms with E-state index in [1.165, 1.54) is 0 Å². The summed E-state index contributed by atoms with van der Waals surface area (Å²) in [7, 11) is 0. The van der Waals surface area contributed by atoms with E-state index in [9.17, 15) is 15.0 Å². The molecule has 1 atom stereocenters. The van der Waals surface area contributed by atoms with Crippen molar-refractivity contribution in [1.82, 2.24) is 0 Å². The Labute approximate surface area is 78.8 Å². The predicted octanol–water partition coefficient (Wildman–Crippen LogP) is -0.112. The average molecular weight is 199 g/mol. The molecule has 0 aliphatic carbocycles. The van der Waals surface area contributed by atoms with Crippen LogP contribution >= 0.6 is 0 Å². The van der Waals surface area contributed by atoms with Gasteiger partial charge in [0.05, 0.1) is 5.56 Å². The van der Waals surface area contributed by atoms with E-state index in [0.29, 0.717) is 0 Å². The van der Waals surface area contributed by atoms with Crippen molar-refractivity contribution in [2.75, 3.05) is 0 Å². The summed E-state index contributed by atoms with van der Waals surface area (Å²) < 4.78 is 0. The third kappa shape index (κ3) is 1.69. The lowest BCUT2D eigenvalue weighted by Crippen LogP contribution is -2.20. The van der Waals surface area contributed by atoms with Crippen molar-refractivity contribution >= 4 is 5.97 Å². The number of aliphatic carboxylic acids is 1. The van der Waals surface area contributed by atoms with Gasteiger partial charge in [0.1, 0.15) is 23.3 Å². The van der Waals surface area contributed by atoms with Gasteiger partial charge in [-0.15, -0.1) is 0 Å². The van der Waals surface area contributed by atoms with Crippen molar-refractivity contribution in [3.8, 4) is 17.2 Å². The summed E-state index contributed by atoms with van der Waals surface area (Å²) in [5, 5.41) is 35.9. The first-order valence-corrected chi connectivity index (χ1v) is 3.66. The standard InChI is InChI=1S/C8H9NO5/c9-7(8(13)14)6-4(11)1-3(10)2-5(6)12/h1-2,7,10-12H,9H2,(H,13,14). The van der Waals surface area contributed by atoms with Gasteiger partial charge in [0, 0.05) is 12.1 Å². The molecule has 6 nitrogen and oxygen atoms in total. The average Bonchev–Trinajstić information content (AvgIpc) is 2.01. The predicted molar refractivity (Wildman–Crippen MR) is 46.0 cm³/mol. The Morgan fingerprint density at radius 3 is 2.00 bits per heavy atom. The molecular weight excluding hydrogens is 190 g/mol. The number of rotatable bonds is 2. The van der Waals surface area contributed by atoms with Crippen LogP contribution < -0.4 is 5.73 Å². The fraction of sp³-hybridized carbons (Fsp3) is 0.125. The number of nitrogens with two attached hydrogens (primary N) is 1. The van der Waals surface area contributed by atoms with E-state index in [2.05, 4.69) is 0 Å². The summed E-state index contributed by atoms with van der Waals surface area (Å²) in [6.07, 6.45) is 0. The number of benzene rings is 1. The summed E-state index contributed by atoms with van der Waals surface area (Å²) >= 11 is 0. The monoisotopic (exact) mass is 199 g/mol. The molecule has 1 unspecified atom stereocenters. The smallest absolute Gasteiger partial charge is 0.325 e. The van der Waals surface area contributed by atoms with Crippen molar-refractivity contribution in [3.63, 3.8) is 0 Å². The first-order chi connectivity index (χ1) is 6.43. The molecule has 1 aromatic carbocycles. The Hall–Kier alpha value is -1.95. The van der Waals surface area contributed by atoms with Gasteiger partial charge in [0.25, 0.3) is 0 Å². The van der Waals surface area contributed by atoms with Crippen LogP contribution in [0.2, 0.25) is 0 Å². The molecule has 76 valence electrons. The van der Waals surface area contributed by atoms with Crippen molar-refractivity contribution < 1.29 is 25.2 Å². The van der Waals surface area contributed by atoms with E-state index in [1.807, 2.05) is 0 Å². The van der Waals surface area contributed by atoms with Crippen LogP contribution in [-0.2, 0) is 4.79 Å². The van der Waals surface area contributed by atoms with Gasteiger partial charge in [-0.3, -0.25) is 4.79 Å². The molecule has 0 fully saturated rings. The Morgan fingerprint density at radius 2 is 1.64 bits per heavy atom. The van der Waals surface area contributed by atoms with E-state index in [4.69, 9.17) is 15.9 Å². The third-order valence-corrected chi connectivity index (χ3v) is 1.70. The largest absolute Gasteiger partial charge is 0.508 e. The Bertz CT molecular complexity index is 353. The highest BCUT2D eigenvalue weighted by Crippen LogP contribution is 2.35. The zero-order chi connectivity index (χ0) is 10.9. The number of phenolic OH excluding ortho intramolecular Hbond substituents is 3. The zero-order valence-electron chi connectivity index (χ0n) is 7.01. The number of hydrogen-bond acceptors (Lipinski definition) is 5. The lowest BCUT2D eigenvalue weighted by molar-refractivity contribution is -0.138. The van der Waals surface area contributed by atoms with E-state index in [-0.39, 0.29) is 11.3 Å². The molecule has 0 spiro atoms. The van der Waals surface area contributed by atoms with Gasteiger partial charge < -0.3 is 26.2 Å². The minimum atomic E-state index is -1.53. The van der Waals surface area contributed by atoms with Crippen LogP contribution in [0.5, 0.6) is 17.2 Å². The van der Waals surface area contributed by atoms with Crippen LogP contribution in [0.25, 0.3) is 0 Å². The molecule has 0 amide bonds. The summed E-state index contributed by atoms with van der Waals surface area (Å²) in [6, 6.07) is 0.269. The quantitative estimate of drug-likeness (QED) is 0.452. The van der Waals surface area contributed by atoms with Crippen molar-refractivity contribution in [2.24, 2.45) is 5.73 Å². The number of carboxylic acids is 1. The number of carbonyl (C=O) groups is 1. The summed E-state index contributed by atoms with van der Waals surface area (Å²) in [5.74, 6) is -2.88. The zero-order valence-corrected chi connectivity index (χ0v) is 7.01. The molecule has 6 heteroatoms. The van der Waals surface area contributed by atoms with Gasteiger partial charge in [0.2, 0.25) is 0 Å². The molecule has 6 N–H and O–H groups in total. The van der Waals surface area contributed by atoms with Crippen molar-refractivity contribution in [3.05, 3.63) is 17.7 Å². The lowest BCUT2D eigenvalue weighted by Gasteiger charge is -2.11. The normalized spacial score (nSPS) is 12.4. The minimum Gasteiger partial charge on any atom is -0.508 e. The molecule has 0 heterocycles. The van der Waals surface area contributed by atoms with E-state index >= 15 is 0 Å². The highest BCUT2D eigenvalue weighted by molar-refractivity contribution is 5.78. The Balaban J connectivity index is 3.27. The van der Waals surface area contributed by atoms with Crippen LogP contribution in [0.1, 0.15) is 11.6 Å². The number of phenols is 3. The van der Waals surface area contributed by atoms with Crippen molar-refractivity contribution in [2.45, 2.75) is 6.04 Å². The maximum atomic E-state index is 10.5. The highest BCUT2D eigenvalue weighted by Gasteiger charge is 2.22. The van der Waals surface area contributed by atoms with Gasteiger partial charge in [0.15, 0.2) is 0 Å². The SMILES string of the molecule is NC(C(=O)O)c1c(O)cc(O)cc1O. The number of hydrogen-bond donors (Lipinski definition) is 5. The molecule has 1 rings (SSSR count). The van der Waals surface area contributed by atoms with Gasteiger partial charge in [-0.2, -0.15) is 0 Å². The fourth-order valence-corrected chi connectivity index (χ4v) is 1.05. The van der Waals surface area contributed by atoms with Gasteiger partial charge in [-0.05, 0) is 0 Å². The summed E-state index contributed by atoms with van der Waals surface area (Å²) in [5.41, 5.74) is 4.86. The van der Waals surface area contributed by atoms with Crippen LogP contribution in [-0.4, -0.2) is 26.4 Å². The number of carboxylic acid groups (broad SMARTS) is 1. The molecule has 0 saturated heterocycles. The molecule has 0 aliphatic rings. The lowest BCUT2D eigenvalue weighted by atomic mass is 10.1. The molecule has 1 aromatic rings. The first-order valence-electron chi connectivity index (χ1n) is 3.66. The van der Waals surface area contributed by atoms with Gasteiger partial charge in [-0.25, -0.2) is 0 Å². The van der Waals surface area contributed by atoms with Gasteiger partial charge >= 0.3 is 5.97 Å². The molecule has 0 radical (unpaired) electrons. The van der Waals surface area contributed by atoms with Crippen LogP contribution in [0.15, 0.2) is 12.1 Å². The molecule has 14 heavy (non-hydrogen) atoms. The highest BCUT2D eigenvalue weighted by atomic mass is 16.4. The van der Waals surface area contributed by atoms with E-state index in [0.717, 1.165) is 12.1 Å².